The molecule has 1 aromatic rings. The molecule has 1 heterocycles. The summed E-state index contributed by atoms with van der Waals surface area (Å²) in [5.41, 5.74) is 1.87. The van der Waals surface area contributed by atoms with Crippen LogP contribution in [-0.2, 0) is 0 Å². The van der Waals surface area contributed by atoms with E-state index in [0.29, 0.717) is 6.04 Å². The van der Waals surface area contributed by atoms with E-state index >= 15 is 0 Å². The Bertz CT molecular complexity index is 397. The minimum atomic E-state index is 0.136. The number of likely N-dealkylation sites (N-methyl/N-ethyl adjacent to an activating group) is 1. The quantitative estimate of drug-likeness (QED) is 0.843. The molecule has 3 heteroatoms. The van der Waals surface area contributed by atoms with Gasteiger partial charge in [0.2, 0.25) is 0 Å². The molecule has 17 heavy (non-hydrogen) atoms. The van der Waals surface area contributed by atoms with Crippen molar-refractivity contribution in [3.63, 3.8) is 0 Å². The van der Waals surface area contributed by atoms with E-state index in [4.69, 9.17) is 0 Å². The van der Waals surface area contributed by atoms with Crippen molar-refractivity contribution in [1.82, 2.24) is 10.2 Å². The fourth-order valence-electron chi connectivity index (χ4n) is 2.33. The zero-order valence-corrected chi connectivity index (χ0v) is 10.6. The van der Waals surface area contributed by atoms with Gasteiger partial charge < -0.3 is 10.2 Å². The van der Waals surface area contributed by atoms with Crippen molar-refractivity contribution < 1.29 is 4.79 Å². The second kappa shape index (κ2) is 5.32. The number of nitrogens with one attached hydrogen (secondary N) is 1. The molecule has 0 aromatic heterocycles. The first-order valence-electron chi connectivity index (χ1n) is 6.23. The normalized spacial score (nSPS) is 20.0. The Kier molecular flexibility index (Phi) is 3.79. The maximum absolute atomic E-state index is 12.4. The Labute approximate surface area is 103 Å². The summed E-state index contributed by atoms with van der Waals surface area (Å²) in [6.07, 6.45) is 2.25. The van der Waals surface area contributed by atoms with Crippen molar-refractivity contribution in [3.05, 3.63) is 35.4 Å². The number of benzene rings is 1. The molecular formula is C14H20N2O. The van der Waals surface area contributed by atoms with Crippen LogP contribution < -0.4 is 5.32 Å². The Hall–Kier alpha value is -1.35. The Morgan fingerprint density at radius 1 is 1.41 bits per heavy atom. The van der Waals surface area contributed by atoms with Crippen LogP contribution in [-0.4, -0.2) is 37.0 Å². The van der Waals surface area contributed by atoms with E-state index in [2.05, 4.69) is 5.32 Å². The molecule has 1 saturated heterocycles. The number of piperidine rings is 1. The van der Waals surface area contributed by atoms with Crippen LogP contribution in [0, 0.1) is 6.92 Å². The number of nitrogens with zero attached hydrogens (tertiary/aromatic N) is 1. The fourth-order valence-corrected chi connectivity index (χ4v) is 2.33. The van der Waals surface area contributed by atoms with Gasteiger partial charge in [0.25, 0.3) is 5.91 Å². The van der Waals surface area contributed by atoms with Crippen molar-refractivity contribution in [2.45, 2.75) is 25.8 Å². The molecule has 1 aliphatic heterocycles. The highest BCUT2D eigenvalue weighted by Crippen LogP contribution is 2.15. The van der Waals surface area contributed by atoms with Crippen LogP contribution in [0.4, 0.5) is 0 Å². The van der Waals surface area contributed by atoms with Crippen LogP contribution >= 0.6 is 0 Å². The molecule has 1 aliphatic rings. The van der Waals surface area contributed by atoms with Crippen molar-refractivity contribution in [2.75, 3.05) is 20.1 Å². The summed E-state index contributed by atoms with van der Waals surface area (Å²) in [4.78, 5) is 14.2. The highest BCUT2D eigenvalue weighted by molar-refractivity contribution is 5.95. The largest absolute Gasteiger partial charge is 0.337 e. The van der Waals surface area contributed by atoms with Gasteiger partial charge in [0.1, 0.15) is 0 Å². The van der Waals surface area contributed by atoms with Gasteiger partial charge >= 0.3 is 0 Å². The molecule has 0 bridgehead atoms. The molecule has 1 atom stereocenters. The summed E-state index contributed by atoms with van der Waals surface area (Å²) in [6.45, 7) is 3.97. The van der Waals surface area contributed by atoms with E-state index in [1.54, 1.807) is 0 Å². The molecule has 92 valence electrons. The molecule has 1 aromatic carbocycles. The van der Waals surface area contributed by atoms with E-state index in [1.165, 1.54) is 0 Å². The predicted molar refractivity (Wildman–Crippen MR) is 69.2 cm³/mol. The summed E-state index contributed by atoms with van der Waals surface area (Å²) >= 11 is 0. The average Bonchev–Trinajstić information content (AvgIpc) is 2.39. The minimum absolute atomic E-state index is 0.136. The maximum atomic E-state index is 12.4. The predicted octanol–water partition coefficient (Wildman–Crippen LogP) is 1.82. The molecule has 1 amide bonds. The third kappa shape index (κ3) is 2.67. The van der Waals surface area contributed by atoms with E-state index in [0.717, 1.165) is 37.1 Å². The standard InChI is InChI=1S/C14H20N2O/c1-11-6-3-4-8-13(11)14(17)16(2)12-7-5-9-15-10-12/h3-4,6,8,12,15H,5,7,9-10H2,1-2H3/t12-/m1/s1. The third-order valence-corrected chi connectivity index (χ3v) is 3.51. The molecule has 0 spiro atoms. The lowest BCUT2D eigenvalue weighted by Gasteiger charge is -2.32. The topological polar surface area (TPSA) is 32.3 Å². The lowest BCUT2D eigenvalue weighted by atomic mass is 10.0. The van der Waals surface area contributed by atoms with Crippen molar-refractivity contribution >= 4 is 5.91 Å². The molecule has 0 unspecified atom stereocenters. The summed E-state index contributed by atoms with van der Waals surface area (Å²) in [5.74, 6) is 0.136. The number of carbonyl (C=O) groups excluding carboxylic acids is 1. The second-order valence-corrected chi connectivity index (χ2v) is 4.73. The number of hydrogen-bond acceptors (Lipinski definition) is 2. The minimum Gasteiger partial charge on any atom is -0.337 e. The van der Waals surface area contributed by atoms with Crippen molar-refractivity contribution in [1.29, 1.82) is 0 Å². The van der Waals surface area contributed by atoms with E-state index in [9.17, 15) is 4.79 Å². The molecule has 0 radical (unpaired) electrons. The first kappa shape index (κ1) is 12.1. The third-order valence-electron chi connectivity index (χ3n) is 3.51. The van der Waals surface area contributed by atoms with Crippen LogP contribution in [0.15, 0.2) is 24.3 Å². The van der Waals surface area contributed by atoms with Gasteiger partial charge in [-0.05, 0) is 37.9 Å². The molecule has 2 rings (SSSR count). The zero-order chi connectivity index (χ0) is 12.3. The molecular weight excluding hydrogens is 212 g/mol. The van der Waals surface area contributed by atoms with Gasteiger partial charge in [0.15, 0.2) is 0 Å². The zero-order valence-electron chi connectivity index (χ0n) is 10.6. The first-order chi connectivity index (χ1) is 8.20. The van der Waals surface area contributed by atoms with Crippen LogP contribution in [0.25, 0.3) is 0 Å². The van der Waals surface area contributed by atoms with Gasteiger partial charge in [0.05, 0.1) is 0 Å². The smallest absolute Gasteiger partial charge is 0.254 e. The summed E-state index contributed by atoms with van der Waals surface area (Å²) in [7, 11) is 1.91. The monoisotopic (exact) mass is 232 g/mol. The molecule has 3 nitrogen and oxygen atoms in total. The van der Waals surface area contributed by atoms with Crippen LogP contribution in [0.1, 0.15) is 28.8 Å². The lowest BCUT2D eigenvalue weighted by molar-refractivity contribution is 0.0707. The van der Waals surface area contributed by atoms with Gasteiger partial charge in [-0.3, -0.25) is 4.79 Å². The number of carbonyl (C=O) groups is 1. The van der Waals surface area contributed by atoms with Gasteiger partial charge in [-0.15, -0.1) is 0 Å². The Balaban J connectivity index is 2.11. The fraction of sp³-hybridized carbons (Fsp3) is 0.500. The number of rotatable bonds is 2. The number of hydrogen-bond donors (Lipinski definition) is 1. The Morgan fingerprint density at radius 3 is 2.82 bits per heavy atom. The molecule has 1 N–H and O–H groups in total. The number of aryl methyl sites for hydroxylation is 1. The van der Waals surface area contributed by atoms with Crippen LogP contribution in [0.5, 0.6) is 0 Å². The highest BCUT2D eigenvalue weighted by atomic mass is 16.2. The average molecular weight is 232 g/mol. The molecule has 0 aliphatic carbocycles. The van der Waals surface area contributed by atoms with Gasteiger partial charge in [-0.1, -0.05) is 18.2 Å². The van der Waals surface area contributed by atoms with Crippen LogP contribution in [0.3, 0.4) is 0 Å². The van der Waals surface area contributed by atoms with Crippen molar-refractivity contribution in [3.8, 4) is 0 Å². The van der Waals surface area contributed by atoms with Crippen molar-refractivity contribution in [2.24, 2.45) is 0 Å². The molecule has 1 fully saturated rings. The number of amides is 1. The van der Waals surface area contributed by atoms with Gasteiger partial charge in [-0.2, -0.15) is 0 Å². The summed E-state index contributed by atoms with van der Waals surface area (Å²) in [5, 5.41) is 3.34. The van der Waals surface area contributed by atoms with E-state index < -0.39 is 0 Å². The maximum Gasteiger partial charge on any atom is 0.254 e. The second-order valence-electron chi connectivity index (χ2n) is 4.73. The summed E-state index contributed by atoms with van der Waals surface area (Å²) < 4.78 is 0. The van der Waals surface area contributed by atoms with Gasteiger partial charge in [0, 0.05) is 25.2 Å². The highest BCUT2D eigenvalue weighted by Gasteiger charge is 2.23. The van der Waals surface area contributed by atoms with E-state index in [1.807, 2.05) is 43.1 Å². The lowest BCUT2D eigenvalue weighted by Crippen LogP contribution is -2.46. The molecule has 0 saturated carbocycles. The van der Waals surface area contributed by atoms with Gasteiger partial charge in [-0.25, -0.2) is 0 Å². The van der Waals surface area contributed by atoms with Crippen LogP contribution in [0.2, 0.25) is 0 Å². The SMILES string of the molecule is Cc1ccccc1C(=O)N(C)[C@@H]1CCCNC1. The Morgan fingerprint density at radius 2 is 2.18 bits per heavy atom. The first-order valence-corrected chi connectivity index (χ1v) is 6.23. The van der Waals surface area contributed by atoms with E-state index in [-0.39, 0.29) is 5.91 Å². The summed E-state index contributed by atoms with van der Waals surface area (Å²) in [6, 6.07) is 8.11.